The second-order valence-electron chi connectivity index (χ2n) is 8.93. The molecule has 7 rings (SSSR count). The monoisotopic (exact) mass is 462 g/mol. The van der Waals surface area contributed by atoms with Gasteiger partial charge in [-0.15, -0.1) is 0 Å². The highest BCUT2D eigenvalue weighted by Gasteiger charge is 2.20. The van der Waals surface area contributed by atoms with Crippen LogP contribution in [0.15, 0.2) is 143 Å². The summed E-state index contributed by atoms with van der Waals surface area (Å²) in [5, 5.41) is 2.53. The van der Waals surface area contributed by atoms with Crippen molar-refractivity contribution in [2.45, 2.75) is 9.79 Å². The Morgan fingerprint density at radius 1 is 0.286 bits per heavy atom. The molecule has 0 N–H and O–H groups in total. The van der Waals surface area contributed by atoms with Crippen LogP contribution in [-0.2, 0) is 0 Å². The molecule has 164 valence electrons. The highest BCUT2D eigenvalue weighted by atomic mass is 32.2. The zero-order valence-electron chi connectivity index (χ0n) is 19.1. The largest absolute Gasteiger partial charge is 0.0888 e. The van der Waals surface area contributed by atoms with Crippen LogP contribution >= 0.6 is 11.8 Å². The number of rotatable bonds is 0. The van der Waals surface area contributed by atoms with Crippen LogP contribution in [-0.4, -0.2) is 0 Å². The molecule has 1 heteroatoms. The molecule has 1 aliphatic heterocycles. The summed E-state index contributed by atoms with van der Waals surface area (Å²) in [6, 6.07) is 48.7. The Labute approximate surface area is 209 Å². The van der Waals surface area contributed by atoms with Crippen molar-refractivity contribution in [3.05, 3.63) is 133 Å². The van der Waals surface area contributed by atoms with Crippen molar-refractivity contribution >= 4 is 22.5 Å². The molecule has 1 heterocycles. The lowest BCUT2D eigenvalue weighted by Gasteiger charge is -2.17. The highest BCUT2D eigenvalue weighted by molar-refractivity contribution is 7.99. The first kappa shape index (κ1) is 20.3. The number of fused-ring (bicyclic) bond motifs is 10. The zero-order chi connectivity index (χ0) is 23.2. The highest BCUT2D eigenvalue weighted by Crippen LogP contribution is 2.48. The molecule has 6 aromatic rings. The molecular formula is C34H22S. The lowest BCUT2D eigenvalue weighted by Crippen LogP contribution is -1.91. The first-order valence-electron chi connectivity index (χ1n) is 11.9. The topological polar surface area (TPSA) is 0 Å². The van der Waals surface area contributed by atoms with E-state index in [1.807, 2.05) is 11.8 Å². The van der Waals surface area contributed by atoms with Crippen LogP contribution in [0.4, 0.5) is 0 Å². The summed E-state index contributed by atoms with van der Waals surface area (Å²) in [5.74, 6) is 0. The predicted octanol–water partition coefficient (Wildman–Crippen LogP) is 9.97. The molecule has 0 bridgehead atoms. The number of hydrogen-bond acceptors (Lipinski definition) is 1. The van der Waals surface area contributed by atoms with E-state index in [-0.39, 0.29) is 0 Å². The van der Waals surface area contributed by atoms with Crippen LogP contribution in [0.1, 0.15) is 0 Å². The second kappa shape index (κ2) is 8.30. The first-order chi connectivity index (χ1) is 17.4. The van der Waals surface area contributed by atoms with Gasteiger partial charge in [0.1, 0.15) is 0 Å². The molecule has 35 heavy (non-hydrogen) atoms. The summed E-state index contributed by atoms with van der Waals surface area (Å²) < 4.78 is 0. The molecule has 1 aliphatic rings. The molecule has 0 atom stereocenters. The van der Waals surface area contributed by atoms with Crippen molar-refractivity contribution in [3.8, 4) is 44.5 Å². The van der Waals surface area contributed by atoms with Gasteiger partial charge < -0.3 is 0 Å². The van der Waals surface area contributed by atoms with Crippen molar-refractivity contribution in [2.24, 2.45) is 0 Å². The molecule has 0 saturated heterocycles. The Kier molecular flexibility index (Phi) is 4.82. The van der Waals surface area contributed by atoms with Gasteiger partial charge in [0.05, 0.1) is 0 Å². The average Bonchev–Trinajstić information content (AvgIpc) is 2.94. The van der Waals surface area contributed by atoms with Crippen LogP contribution in [0, 0.1) is 0 Å². The number of hydrogen-bond donors (Lipinski definition) is 0. The van der Waals surface area contributed by atoms with Crippen molar-refractivity contribution in [3.63, 3.8) is 0 Å². The summed E-state index contributed by atoms with van der Waals surface area (Å²) in [7, 11) is 0. The summed E-state index contributed by atoms with van der Waals surface area (Å²) in [6.07, 6.45) is 0. The number of benzene rings is 6. The molecule has 0 saturated carbocycles. The van der Waals surface area contributed by atoms with E-state index in [0.717, 1.165) is 0 Å². The summed E-state index contributed by atoms with van der Waals surface area (Å²) in [6.45, 7) is 0. The van der Waals surface area contributed by atoms with E-state index in [1.165, 1.54) is 65.1 Å². The van der Waals surface area contributed by atoms with Crippen LogP contribution < -0.4 is 0 Å². The smallest absolute Gasteiger partial charge is 0.0207 e. The maximum absolute atomic E-state index is 2.37. The minimum absolute atomic E-state index is 1.26. The van der Waals surface area contributed by atoms with Crippen LogP contribution in [0.25, 0.3) is 55.3 Å². The summed E-state index contributed by atoms with van der Waals surface area (Å²) in [5.41, 5.74) is 10.1. The van der Waals surface area contributed by atoms with Crippen LogP contribution in [0.2, 0.25) is 0 Å². The summed E-state index contributed by atoms with van der Waals surface area (Å²) in [4.78, 5) is 2.55. The van der Waals surface area contributed by atoms with Crippen molar-refractivity contribution in [2.75, 3.05) is 0 Å². The molecule has 6 aromatic carbocycles. The van der Waals surface area contributed by atoms with Gasteiger partial charge in [0.2, 0.25) is 0 Å². The van der Waals surface area contributed by atoms with Crippen molar-refractivity contribution in [1.82, 2.24) is 0 Å². The Hall–Kier alpha value is -4.07. The Morgan fingerprint density at radius 3 is 1.20 bits per heavy atom. The van der Waals surface area contributed by atoms with E-state index < -0.39 is 0 Å². The molecule has 0 aliphatic carbocycles. The second-order valence-corrected chi connectivity index (χ2v) is 10.0. The lowest BCUT2D eigenvalue weighted by molar-refractivity contribution is 1.41. The molecule has 0 unspecified atom stereocenters. The van der Waals surface area contributed by atoms with E-state index >= 15 is 0 Å². The van der Waals surface area contributed by atoms with Gasteiger partial charge in [0, 0.05) is 9.79 Å². The molecule has 0 nitrogen and oxygen atoms in total. The van der Waals surface area contributed by atoms with Crippen molar-refractivity contribution < 1.29 is 0 Å². The van der Waals surface area contributed by atoms with Gasteiger partial charge in [-0.3, -0.25) is 0 Å². The Balaban J connectivity index is 1.66. The van der Waals surface area contributed by atoms with Gasteiger partial charge in [0.15, 0.2) is 0 Å². The third-order valence-corrected chi connectivity index (χ3v) is 8.03. The normalized spacial score (nSPS) is 11.9. The van der Waals surface area contributed by atoms with E-state index in [9.17, 15) is 0 Å². The maximum atomic E-state index is 2.37. The molecule has 0 fully saturated rings. The fourth-order valence-electron chi connectivity index (χ4n) is 5.27. The molecule has 0 amide bonds. The molecular weight excluding hydrogens is 440 g/mol. The standard InChI is InChI=1S/C34H22S/c1-2-12-24-22-34-32(21-23(24)11-1)30-18-8-6-16-28(30)26-14-4-3-13-25(26)27-15-5-7-17-29(27)31-19-9-10-20-33(31)35-34/h1-22H. The maximum Gasteiger partial charge on any atom is 0.0207 e. The van der Waals surface area contributed by atoms with E-state index in [0.29, 0.717) is 0 Å². The van der Waals surface area contributed by atoms with E-state index in [4.69, 9.17) is 0 Å². The van der Waals surface area contributed by atoms with Gasteiger partial charge in [-0.2, -0.15) is 0 Å². The van der Waals surface area contributed by atoms with Crippen molar-refractivity contribution in [1.29, 1.82) is 0 Å². The van der Waals surface area contributed by atoms with E-state index in [1.54, 1.807) is 0 Å². The van der Waals surface area contributed by atoms with Gasteiger partial charge in [-0.05, 0) is 73.5 Å². The first-order valence-corrected chi connectivity index (χ1v) is 12.8. The zero-order valence-corrected chi connectivity index (χ0v) is 19.9. The molecule has 0 spiro atoms. The SMILES string of the molecule is c1ccc2c(c1)Sc1cc3ccccc3cc1-c1ccccc1-c1ccccc1-c1ccccc1-2. The van der Waals surface area contributed by atoms with Crippen LogP contribution in [0.5, 0.6) is 0 Å². The lowest BCUT2D eigenvalue weighted by atomic mass is 9.86. The van der Waals surface area contributed by atoms with Gasteiger partial charge in [-0.1, -0.05) is 127 Å². The van der Waals surface area contributed by atoms with Gasteiger partial charge in [0.25, 0.3) is 0 Å². The minimum atomic E-state index is 1.26. The third-order valence-electron chi connectivity index (χ3n) is 6.90. The summed E-state index contributed by atoms with van der Waals surface area (Å²) >= 11 is 1.87. The molecule has 0 radical (unpaired) electrons. The Morgan fingerprint density at radius 2 is 0.657 bits per heavy atom. The van der Waals surface area contributed by atoms with Crippen LogP contribution in [0.3, 0.4) is 0 Å². The average molecular weight is 463 g/mol. The van der Waals surface area contributed by atoms with Gasteiger partial charge in [-0.25, -0.2) is 0 Å². The third kappa shape index (κ3) is 3.39. The predicted molar refractivity (Wildman–Crippen MR) is 150 cm³/mol. The molecule has 0 aromatic heterocycles. The fourth-order valence-corrected chi connectivity index (χ4v) is 6.41. The Bertz CT molecular complexity index is 1730. The van der Waals surface area contributed by atoms with E-state index in [2.05, 4.69) is 133 Å². The quantitative estimate of drug-likeness (QED) is 0.216. The fraction of sp³-hybridized carbons (Fsp3) is 0. The van der Waals surface area contributed by atoms with Gasteiger partial charge >= 0.3 is 0 Å². The minimum Gasteiger partial charge on any atom is -0.0888 e.